The maximum absolute atomic E-state index is 12.3. The van der Waals surface area contributed by atoms with E-state index in [9.17, 15) is 13.2 Å². The van der Waals surface area contributed by atoms with Gasteiger partial charge in [-0.05, 0) is 41.1 Å². The fourth-order valence-electron chi connectivity index (χ4n) is 1.63. The molecule has 2 aromatic rings. The van der Waals surface area contributed by atoms with E-state index in [4.69, 9.17) is 5.11 Å². The molecule has 112 valence electrons. The predicted octanol–water partition coefficient (Wildman–Crippen LogP) is 2.64. The van der Waals surface area contributed by atoms with Gasteiger partial charge in [-0.15, -0.1) is 11.3 Å². The van der Waals surface area contributed by atoms with Crippen LogP contribution in [0.4, 0.5) is 0 Å². The molecule has 0 saturated carbocycles. The molecule has 6 nitrogen and oxygen atoms in total. The zero-order chi connectivity index (χ0) is 15.6. The van der Waals surface area contributed by atoms with Crippen LogP contribution >= 0.6 is 27.3 Å². The van der Waals surface area contributed by atoms with Crippen molar-refractivity contribution in [2.24, 2.45) is 0 Å². The molecule has 2 N–H and O–H groups in total. The van der Waals surface area contributed by atoms with Crippen molar-refractivity contribution in [2.45, 2.75) is 17.9 Å². The molecular formula is C12H11BrN2O4S2. The standard InChI is InChI=1S/C12H11BrN2O4S2/c1-7(11-14-4-5-20-11)15-21(18,19)8-2-3-10(13)9(6-8)12(16)17/h2-7,15H,1H3,(H,16,17). The van der Waals surface area contributed by atoms with Gasteiger partial charge in [-0.1, -0.05) is 0 Å². The monoisotopic (exact) mass is 390 g/mol. The van der Waals surface area contributed by atoms with E-state index in [1.54, 1.807) is 18.5 Å². The number of benzene rings is 1. The Morgan fingerprint density at radius 2 is 2.19 bits per heavy atom. The van der Waals surface area contributed by atoms with Crippen LogP contribution in [0.25, 0.3) is 0 Å². The van der Waals surface area contributed by atoms with Crippen molar-refractivity contribution in [3.05, 3.63) is 44.8 Å². The Morgan fingerprint density at radius 3 is 2.76 bits per heavy atom. The van der Waals surface area contributed by atoms with Gasteiger partial charge in [-0.25, -0.2) is 22.9 Å². The van der Waals surface area contributed by atoms with E-state index in [2.05, 4.69) is 25.6 Å². The third-order valence-electron chi connectivity index (χ3n) is 2.63. The van der Waals surface area contributed by atoms with Gasteiger partial charge in [0.25, 0.3) is 0 Å². The van der Waals surface area contributed by atoms with Gasteiger partial charge < -0.3 is 5.11 Å². The topological polar surface area (TPSA) is 96.4 Å². The van der Waals surface area contributed by atoms with Crippen LogP contribution in [0.2, 0.25) is 0 Å². The lowest BCUT2D eigenvalue weighted by atomic mass is 10.2. The molecule has 1 aromatic heterocycles. The third kappa shape index (κ3) is 3.67. The summed E-state index contributed by atoms with van der Waals surface area (Å²) in [6, 6.07) is 3.36. The normalized spacial score (nSPS) is 13.0. The van der Waals surface area contributed by atoms with Crippen molar-refractivity contribution < 1.29 is 18.3 Å². The van der Waals surface area contributed by atoms with Crippen LogP contribution in [0.5, 0.6) is 0 Å². The van der Waals surface area contributed by atoms with Gasteiger partial charge >= 0.3 is 5.97 Å². The maximum atomic E-state index is 12.3. The molecule has 0 aliphatic rings. The molecule has 1 atom stereocenters. The molecule has 0 amide bonds. The molecule has 0 saturated heterocycles. The van der Waals surface area contributed by atoms with Gasteiger partial charge in [0.1, 0.15) is 5.01 Å². The zero-order valence-corrected chi connectivity index (χ0v) is 14.0. The number of carbonyl (C=O) groups is 1. The first-order valence-electron chi connectivity index (χ1n) is 5.76. The summed E-state index contributed by atoms with van der Waals surface area (Å²) in [4.78, 5) is 15.0. The van der Waals surface area contributed by atoms with E-state index in [1.807, 2.05) is 0 Å². The van der Waals surface area contributed by atoms with Crippen LogP contribution in [0.3, 0.4) is 0 Å². The number of sulfonamides is 1. The average Bonchev–Trinajstić information content (AvgIpc) is 2.92. The highest BCUT2D eigenvalue weighted by molar-refractivity contribution is 9.10. The predicted molar refractivity (Wildman–Crippen MR) is 82.0 cm³/mol. The average molecular weight is 391 g/mol. The summed E-state index contributed by atoms with van der Waals surface area (Å²) in [6.07, 6.45) is 1.59. The number of aromatic carboxylic acids is 1. The Kier molecular flexibility index (Phi) is 4.77. The molecule has 0 fully saturated rings. The van der Waals surface area contributed by atoms with Crippen LogP contribution in [0.15, 0.2) is 39.1 Å². The van der Waals surface area contributed by atoms with E-state index < -0.39 is 22.0 Å². The van der Waals surface area contributed by atoms with Gasteiger partial charge in [0, 0.05) is 16.0 Å². The molecule has 0 spiro atoms. The van der Waals surface area contributed by atoms with Gasteiger partial charge in [-0.2, -0.15) is 0 Å². The first kappa shape index (κ1) is 16.1. The van der Waals surface area contributed by atoms with Crippen LogP contribution < -0.4 is 4.72 Å². The van der Waals surface area contributed by atoms with Crippen molar-refractivity contribution >= 4 is 43.3 Å². The van der Waals surface area contributed by atoms with E-state index in [0.29, 0.717) is 9.48 Å². The molecule has 9 heteroatoms. The SMILES string of the molecule is CC(NS(=O)(=O)c1ccc(Br)c(C(=O)O)c1)c1nccs1. The Labute approximate surface area is 134 Å². The molecule has 0 aliphatic heterocycles. The molecule has 1 aromatic carbocycles. The number of rotatable bonds is 5. The van der Waals surface area contributed by atoms with Crippen LogP contribution in [0.1, 0.15) is 28.3 Å². The molecule has 1 heterocycles. The van der Waals surface area contributed by atoms with Crippen LogP contribution in [-0.4, -0.2) is 24.5 Å². The number of halogens is 1. The van der Waals surface area contributed by atoms with Crippen LogP contribution in [0, 0.1) is 0 Å². The first-order chi connectivity index (χ1) is 9.81. The smallest absolute Gasteiger partial charge is 0.336 e. The van der Waals surface area contributed by atoms with Crippen molar-refractivity contribution in [2.75, 3.05) is 0 Å². The molecule has 0 radical (unpaired) electrons. The molecular weight excluding hydrogens is 380 g/mol. The fraction of sp³-hybridized carbons (Fsp3) is 0.167. The van der Waals surface area contributed by atoms with Crippen molar-refractivity contribution in [3.63, 3.8) is 0 Å². The summed E-state index contributed by atoms with van der Waals surface area (Å²) >= 11 is 4.41. The summed E-state index contributed by atoms with van der Waals surface area (Å²) in [5.41, 5.74) is -0.111. The molecule has 21 heavy (non-hydrogen) atoms. The second kappa shape index (κ2) is 6.22. The Morgan fingerprint density at radius 1 is 1.48 bits per heavy atom. The number of carboxylic acids is 1. The highest BCUT2D eigenvalue weighted by Gasteiger charge is 2.21. The molecule has 0 bridgehead atoms. The summed E-state index contributed by atoms with van der Waals surface area (Å²) < 4.78 is 27.4. The second-order valence-electron chi connectivity index (χ2n) is 4.16. The van der Waals surface area contributed by atoms with Gasteiger partial charge in [0.05, 0.1) is 16.5 Å². The largest absolute Gasteiger partial charge is 0.478 e. The third-order valence-corrected chi connectivity index (χ3v) is 5.82. The lowest BCUT2D eigenvalue weighted by molar-refractivity contribution is 0.0695. The Balaban J connectivity index is 2.32. The van der Waals surface area contributed by atoms with Crippen molar-refractivity contribution in [3.8, 4) is 0 Å². The Bertz CT molecular complexity index is 760. The number of nitrogens with zero attached hydrogens (tertiary/aromatic N) is 1. The lowest BCUT2D eigenvalue weighted by Crippen LogP contribution is -2.27. The molecule has 2 rings (SSSR count). The minimum atomic E-state index is -3.83. The van der Waals surface area contributed by atoms with Crippen LogP contribution in [-0.2, 0) is 10.0 Å². The van der Waals surface area contributed by atoms with Crippen molar-refractivity contribution in [1.82, 2.24) is 9.71 Å². The summed E-state index contributed by atoms with van der Waals surface area (Å²) in [5, 5.41) is 11.4. The van der Waals surface area contributed by atoms with Gasteiger partial charge in [-0.3, -0.25) is 0 Å². The minimum Gasteiger partial charge on any atom is -0.478 e. The van der Waals surface area contributed by atoms with Gasteiger partial charge in [0.2, 0.25) is 10.0 Å². The summed E-state index contributed by atoms with van der Waals surface area (Å²) in [7, 11) is -3.83. The first-order valence-corrected chi connectivity index (χ1v) is 8.91. The summed E-state index contributed by atoms with van der Waals surface area (Å²) in [6.45, 7) is 1.67. The van der Waals surface area contributed by atoms with E-state index in [-0.39, 0.29) is 10.5 Å². The molecule has 1 unspecified atom stereocenters. The van der Waals surface area contributed by atoms with Gasteiger partial charge in [0.15, 0.2) is 0 Å². The second-order valence-corrected chi connectivity index (χ2v) is 7.65. The molecule has 0 aliphatic carbocycles. The van der Waals surface area contributed by atoms with E-state index >= 15 is 0 Å². The zero-order valence-electron chi connectivity index (χ0n) is 10.8. The number of carboxylic acid groups (broad SMARTS) is 1. The number of hydrogen-bond acceptors (Lipinski definition) is 5. The maximum Gasteiger partial charge on any atom is 0.336 e. The highest BCUT2D eigenvalue weighted by atomic mass is 79.9. The minimum absolute atomic E-state index is 0.105. The highest BCUT2D eigenvalue weighted by Crippen LogP contribution is 2.23. The van der Waals surface area contributed by atoms with Crippen molar-refractivity contribution in [1.29, 1.82) is 0 Å². The number of thiazole rings is 1. The quantitative estimate of drug-likeness (QED) is 0.817. The number of nitrogens with one attached hydrogen (secondary N) is 1. The van der Waals surface area contributed by atoms with E-state index in [1.165, 1.54) is 23.5 Å². The fourth-order valence-corrected chi connectivity index (χ4v) is 4.01. The Hall–Kier alpha value is -1.29. The number of aromatic nitrogens is 1. The number of hydrogen-bond donors (Lipinski definition) is 2. The summed E-state index contributed by atoms with van der Waals surface area (Å²) in [5.74, 6) is -1.20. The lowest BCUT2D eigenvalue weighted by Gasteiger charge is -2.12. The van der Waals surface area contributed by atoms with E-state index in [0.717, 1.165) is 6.07 Å².